The van der Waals surface area contributed by atoms with Crippen LogP contribution in [0.15, 0.2) is 49.4 Å². The van der Waals surface area contributed by atoms with Gasteiger partial charge in [0.2, 0.25) is 0 Å². The summed E-state index contributed by atoms with van der Waals surface area (Å²) in [7, 11) is 1.70. The van der Waals surface area contributed by atoms with Crippen molar-refractivity contribution in [1.29, 1.82) is 0 Å². The Hall–Kier alpha value is -3.81. The molecule has 0 aliphatic carbocycles. The van der Waals surface area contributed by atoms with E-state index in [4.69, 9.17) is 4.74 Å². The highest BCUT2D eigenvalue weighted by Crippen LogP contribution is 2.26. The molecule has 27 heavy (non-hydrogen) atoms. The topological polar surface area (TPSA) is 102 Å². The molecule has 2 N–H and O–H groups in total. The second kappa shape index (κ2) is 8.05. The lowest BCUT2D eigenvalue weighted by Gasteiger charge is -2.11. The maximum atomic E-state index is 12.5. The lowest BCUT2D eigenvalue weighted by Crippen LogP contribution is -2.15. The molecule has 0 atom stereocenters. The van der Waals surface area contributed by atoms with Crippen LogP contribution >= 0.6 is 0 Å². The smallest absolute Gasteiger partial charge is 0.321 e. The summed E-state index contributed by atoms with van der Waals surface area (Å²) >= 11 is 0. The maximum absolute atomic E-state index is 12.5. The molecule has 0 aliphatic rings. The molecule has 3 rings (SSSR count). The van der Waals surface area contributed by atoms with Crippen LogP contribution < -0.4 is 15.4 Å². The van der Waals surface area contributed by atoms with E-state index in [2.05, 4.69) is 37.1 Å². The van der Waals surface area contributed by atoms with Crippen LogP contribution in [0.2, 0.25) is 0 Å². The quantitative estimate of drug-likeness (QED) is 0.684. The lowest BCUT2D eigenvalue weighted by atomic mass is 10.2. The number of nitrogens with one attached hydrogen (secondary N) is 2. The third-order valence-corrected chi connectivity index (χ3v) is 3.65. The molecular formula is C19H22N6O2. The van der Waals surface area contributed by atoms with Gasteiger partial charge in [0.05, 0.1) is 6.20 Å². The van der Waals surface area contributed by atoms with Crippen molar-refractivity contribution in [2.75, 3.05) is 17.7 Å². The molecule has 0 spiro atoms. The van der Waals surface area contributed by atoms with Gasteiger partial charge in [0, 0.05) is 34.0 Å². The van der Waals surface area contributed by atoms with Gasteiger partial charge < -0.3 is 15.4 Å². The van der Waals surface area contributed by atoms with Crippen LogP contribution in [-0.4, -0.2) is 32.9 Å². The Balaban J connectivity index is 0.00000210. The summed E-state index contributed by atoms with van der Waals surface area (Å²) in [6.45, 7) is 5.56. The summed E-state index contributed by atoms with van der Waals surface area (Å²) in [6, 6.07) is 7.24. The van der Waals surface area contributed by atoms with Gasteiger partial charge in [-0.3, -0.25) is 9.78 Å². The van der Waals surface area contributed by atoms with E-state index in [-0.39, 0.29) is 20.5 Å². The zero-order valence-electron chi connectivity index (χ0n) is 14.9. The van der Waals surface area contributed by atoms with Gasteiger partial charge in [-0.15, -0.1) is 0 Å². The molecule has 8 heteroatoms. The van der Waals surface area contributed by atoms with Crippen molar-refractivity contribution in [3.05, 3.63) is 66.4 Å². The van der Waals surface area contributed by atoms with E-state index in [0.717, 1.165) is 5.56 Å². The third kappa shape index (κ3) is 4.24. The molecule has 3 aromatic rings. The first kappa shape index (κ1) is 18.0. The van der Waals surface area contributed by atoms with Gasteiger partial charge in [-0.1, -0.05) is 12.6 Å². The molecule has 8 nitrogen and oxygen atoms in total. The monoisotopic (exact) mass is 366 g/mol. The summed E-state index contributed by atoms with van der Waals surface area (Å²) in [6.07, 6.45) is 6.15. The van der Waals surface area contributed by atoms with Gasteiger partial charge in [0.1, 0.15) is 17.1 Å². The van der Waals surface area contributed by atoms with Crippen LogP contribution in [0.25, 0.3) is 6.08 Å². The first-order chi connectivity index (χ1) is 13.1. The summed E-state index contributed by atoms with van der Waals surface area (Å²) in [5, 5.41) is 5.68. The zero-order valence-corrected chi connectivity index (χ0v) is 14.9. The van der Waals surface area contributed by atoms with Crippen LogP contribution in [0.5, 0.6) is 11.8 Å². The fraction of sp³-hybridized carbons (Fsp3) is 0.105. The average Bonchev–Trinajstić information content (AvgIpc) is 2.70. The van der Waals surface area contributed by atoms with E-state index < -0.39 is 0 Å². The molecule has 0 saturated carbocycles. The number of amides is 1. The number of ether oxygens (including phenoxy) is 1. The van der Waals surface area contributed by atoms with E-state index in [1.54, 1.807) is 43.7 Å². The van der Waals surface area contributed by atoms with Crippen molar-refractivity contribution in [2.45, 2.75) is 6.92 Å². The fourth-order valence-corrected chi connectivity index (χ4v) is 2.26. The normalized spacial score (nSPS) is 10.1. The number of aryl methyl sites for hydroxylation is 1. The molecule has 0 radical (unpaired) electrons. The Morgan fingerprint density at radius 1 is 1.26 bits per heavy atom. The average molecular weight is 366 g/mol. The highest BCUT2D eigenvalue weighted by atomic mass is 16.5. The summed E-state index contributed by atoms with van der Waals surface area (Å²) in [5.41, 5.74) is 2.19. The Morgan fingerprint density at radius 2 is 2.04 bits per heavy atom. The van der Waals surface area contributed by atoms with Gasteiger partial charge >= 0.3 is 6.01 Å². The third-order valence-electron chi connectivity index (χ3n) is 3.65. The number of aromatic nitrogens is 4. The summed E-state index contributed by atoms with van der Waals surface area (Å²) in [5.74, 6) is 0.634. The van der Waals surface area contributed by atoms with Crippen molar-refractivity contribution in [3.8, 4) is 11.8 Å². The van der Waals surface area contributed by atoms with Gasteiger partial charge in [-0.25, -0.2) is 15.0 Å². The molecule has 0 unspecified atom stereocenters. The summed E-state index contributed by atoms with van der Waals surface area (Å²) < 4.78 is 5.68. The molecule has 1 aromatic carbocycles. The van der Waals surface area contributed by atoms with E-state index in [0.29, 0.717) is 22.9 Å². The van der Waals surface area contributed by atoms with Gasteiger partial charge in [-0.2, -0.15) is 0 Å². The largest absolute Gasteiger partial charge is 0.424 e. The van der Waals surface area contributed by atoms with Crippen LogP contribution in [0.4, 0.5) is 11.5 Å². The minimum Gasteiger partial charge on any atom is -0.424 e. The number of rotatable bonds is 6. The number of benzene rings is 1. The molecule has 2 heterocycles. The lowest BCUT2D eigenvalue weighted by molar-refractivity contribution is 0.102. The summed E-state index contributed by atoms with van der Waals surface area (Å²) in [4.78, 5) is 29.0. The standard InChI is InChI=1S/C19H18N6O2.2H2/c1-4-14-17(20-3)25-15(11-23-14)18(26)24-13-7-6-12(2)16(10-13)27-19-21-8-5-9-22-19;;/h4-11H,1H2,2-3H3,(H,20,25)(H,24,26);2*1H. The maximum Gasteiger partial charge on any atom is 0.321 e. The van der Waals surface area contributed by atoms with Crippen molar-refractivity contribution in [1.82, 2.24) is 19.9 Å². The van der Waals surface area contributed by atoms with Crippen LogP contribution in [0.3, 0.4) is 0 Å². The molecular weight excluding hydrogens is 344 g/mol. The second-order valence-electron chi connectivity index (χ2n) is 5.51. The molecule has 0 saturated heterocycles. The number of hydrogen-bond acceptors (Lipinski definition) is 7. The second-order valence-corrected chi connectivity index (χ2v) is 5.51. The number of carbonyl (C=O) groups excluding carboxylic acids is 1. The molecule has 0 fully saturated rings. The first-order valence-corrected chi connectivity index (χ1v) is 8.15. The Labute approximate surface area is 159 Å². The van der Waals surface area contributed by atoms with Crippen molar-refractivity contribution in [2.24, 2.45) is 0 Å². The van der Waals surface area contributed by atoms with Gasteiger partial charge in [0.15, 0.2) is 5.82 Å². The number of hydrogen-bond donors (Lipinski definition) is 2. The molecule has 0 bridgehead atoms. The van der Waals surface area contributed by atoms with E-state index in [1.807, 2.05) is 13.0 Å². The van der Waals surface area contributed by atoms with E-state index in [1.165, 1.54) is 6.20 Å². The predicted octanol–water partition coefficient (Wildman–Crippen LogP) is 3.80. The minimum atomic E-state index is -0.389. The fourth-order valence-electron chi connectivity index (χ4n) is 2.26. The van der Waals surface area contributed by atoms with Gasteiger partial charge in [0.25, 0.3) is 5.91 Å². The minimum absolute atomic E-state index is 0. The Bertz CT molecular complexity index is 986. The van der Waals surface area contributed by atoms with E-state index in [9.17, 15) is 4.79 Å². The van der Waals surface area contributed by atoms with Crippen molar-refractivity contribution >= 4 is 23.5 Å². The SMILES string of the molecule is C=Cc1ncc(C(=O)Nc2ccc(C)c(Oc3ncccn3)c2)nc1NC.[HH].[HH]. The molecule has 140 valence electrons. The Morgan fingerprint density at radius 3 is 2.74 bits per heavy atom. The van der Waals surface area contributed by atoms with Crippen LogP contribution in [0, 0.1) is 6.92 Å². The number of nitrogens with zero attached hydrogens (tertiary/aromatic N) is 4. The molecule has 2 aromatic heterocycles. The van der Waals surface area contributed by atoms with E-state index >= 15 is 0 Å². The zero-order chi connectivity index (χ0) is 19.2. The van der Waals surface area contributed by atoms with Crippen molar-refractivity contribution < 1.29 is 12.4 Å². The number of anilines is 2. The molecule has 1 amide bonds. The van der Waals surface area contributed by atoms with Crippen LogP contribution in [-0.2, 0) is 0 Å². The Kier molecular flexibility index (Phi) is 5.36. The first-order valence-electron chi connectivity index (χ1n) is 8.15. The number of carbonyl (C=O) groups is 1. The predicted molar refractivity (Wildman–Crippen MR) is 107 cm³/mol. The van der Waals surface area contributed by atoms with Gasteiger partial charge in [-0.05, 0) is 30.7 Å². The molecule has 0 aliphatic heterocycles. The van der Waals surface area contributed by atoms with Crippen LogP contribution in [0.1, 0.15) is 24.6 Å². The van der Waals surface area contributed by atoms with Crippen molar-refractivity contribution in [3.63, 3.8) is 0 Å². The highest BCUT2D eigenvalue weighted by molar-refractivity contribution is 6.03. The highest BCUT2D eigenvalue weighted by Gasteiger charge is 2.13.